The predicted molar refractivity (Wildman–Crippen MR) is 124 cm³/mol. The number of carbonyl (C=O) groups excluding carboxylic acids is 2. The van der Waals surface area contributed by atoms with Gasteiger partial charge in [0.1, 0.15) is 0 Å². The molecule has 7 heteroatoms. The van der Waals surface area contributed by atoms with E-state index in [9.17, 15) is 9.59 Å². The molecule has 0 bridgehead atoms. The molecule has 166 valence electrons. The van der Waals surface area contributed by atoms with E-state index in [1.54, 1.807) is 4.90 Å². The number of benzene rings is 2. The zero-order valence-electron chi connectivity index (χ0n) is 18.3. The van der Waals surface area contributed by atoms with Gasteiger partial charge in [-0.1, -0.05) is 60.1 Å². The molecule has 0 saturated carbocycles. The van der Waals surface area contributed by atoms with Crippen LogP contribution >= 0.6 is 11.6 Å². The van der Waals surface area contributed by atoms with Gasteiger partial charge in [0, 0.05) is 42.3 Å². The van der Waals surface area contributed by atoms with E-state index in [0.29, 0.717) is 31.2 Å². The van der Waals surface area contributed by atoms with E-state index >= 15 is 0 Å². The van der Waals surface area contributed by atoms with Gasteiger partial charge < -0.3 is 10.2 Å². The molecule has 2 aromatic carbocycles. The Bertz CT molecular complexity index is 1130. The van der Waals surface area contributed by atoms with Crippen molar-refractivity contribution in [1.29, 1.82) is 0 Å². The number of halogens is 1. The van der Waals surface area contributed by atoms with Crippen LogP contribution in [-0.4, -0.2) is 33.0 Å². The number of likely N-dealkylation sites (tertiary alicyclic amines) is 1. The molecule has 4 rings (SSSR count). The summed E-state index contributed by atoms with van der Waals surface area (Å²) in [6.45, 7) is 5.90. The zero-order valence-corrected chi connectivity index (χ0v) is 19.1. The fourth-order valence-corrected chi connectivity index (χ4v) is 4.35. The fraction of sp³-hybridized carbons (Fsp3) is 0.320. The van der Waals surface area contributed by atoms with Crippen molar-refractivity contribution >= 4 is 23.4 Å². The van der Waals surface area contributed by atoms with Crippen LogP contribution in [0.2, 0.25) is 5.02 Å². The van der Waals surface area contributed by atoms with Gasteiger partial charge in [-0.25, -0.2) is 0 Å². The number of hydrogen-bond donors (Lipinski definition) is 1. The molecule has 0 aliphatic carbocycles. The first-order valence-electron chi connectivity index (χ1n) is 10.8. The van der Waals surface area contributed by atoms with E-state index in [2.05, 4.69) is 22.5 Å². The van der Waals surface area contributed by atoms with Crippen molar-refractivity contribution < 1.29 is 9.59 Å². The first-order valence-corrected chi connectivity index (χ1v) is 11.2. The van der Waals surface area contributed by atoms with Crippen molar-refractivity contribution in [2.75, 3.05) is 6.54 Å². The maximum absolute atomic E-state index is 12.8. The van der Waals surface area contributed by atoms with Gasteiger partial charge in [0.2, 0.25) is 11.8 Å². The minimum atomic E-state index is -0.357. The quantitative estimate of drug-likeness (QED) is 0.594. The Kier molecular flexibility index (Phi) is 6.61. The van der Waals surface area contributed by atoms with Crippen LogP contribution in [0.4, 0.5) is 0 Å². The summed E-state index contributed by atoms with van der Waals surface area (Å²) in [7, 11) is 0. The average molecular weight is 451 g/mol. The molecule has 2 amide bonds. The van der Waals surface area contributed by atoms with E-state index in [4.69, 9.17) is 11.6 Å². The first kappa shape index (κ1) is 22.1. The first-order chi connectivity index (χ1) is 15.4. The maximum Gasteiger partial charge on any atom is 0.225 e. The molecule has 1 aliphatic rings. The van der Waals surface area contributed by atoms with Crippen molar-refractivity contribution in [2.45, 2.75) is 39.9 Å². The average Bonchev–Trinajstić information content (AvgIpc) is 3.28. The molecule has 0 radical (unpaired) electrons. The van der Waals surface area contributed by atoms with E-state index in [1.165, 1.54) is 5.56 Å². The monoisotopic (exact) mass is 450 g/mol. The number of nitrogens with zero attached hydrogens (tertiary/aromatic N) is 3. The summed E-state index contributed by atoms with van der Waals surface area (Å²) in [4.78, 5) is 27.0. The molecular formula is C25H27ClN4O2. The fourth-order valence-electron chi connectivity index (χ4n) is 4.15. The van der Waals surface area contributed by atoms with Crippen LogP contribution in [0, 0.1) is 19.8 Å². The van der Waals surface area contributed by atoms with Crippen molar-refractivity contribution in [1.82, 2.24) is 20.0 Å². The molecule has 32 heavy (non-hydrogen) atoms. The lowest BCUT2D eigenvalue weighted by atomic mass is 10.1. The lowest BCUT2D eigenvalue weighted by Crippen LogP contribution is -2.32. The Morgan fingerprint density at radius 2 is 1.81 bits per heavy atom. The van der Waals surface area contributed by atoms with Gasteiger partial charge in [0.05, 0.1) is 18.2 Å². The molecule has 1 aromatic heterocycles. The Morgan fingerprint density at radius 1 is 1.09 bits per heavy atom. The molecule has 1 fully saturated rings. The third kappa shape index (κ3) is 4.86. The van der Waals surface area contributed by atoms with Crippen LogP contribution in [0.1, 0.15) is 34.5 Å². The number of aromatic nitrogens is 2. The second-order valence-electron chi connectivity index (χ2n) is 8.28. The predicted octanol–water partition coefficient (Wildman–Crippen LogP) is 3.87. The van der Waals surface area contributed by atoms with Crippen molar-refractivity contribution in [3.8, 4) is 0 Å². The molecule has 2 heterocycles. The Labute approximate surface area is 193 Å². The molecule has 1 aliphatic heterocycles. The van der Waals surface area contributed by atoms with Gasteiger partial charge in [0.25, 0.3) is 0 Å². The van der Waals surface area contributed by atoms with Crippen LogP contribution < -0.4 is 5.32 Å². The van der Waals surface area contributed by atoms with Gasteiger partial charge in [-0.05, 0) is 31.0 Å². The molecule has 1 unspecified atom stereocenters. The third-order valence-corrected chi connectivity index (χ3v) is 6.42. The number of rotatable bonds is 7. The van der Waals surface area contributed by atoms with Crippen LogP contribution in [0.3, 0.4) is 0 Å². The van der Waals surface area contributed by atoms with Gasteiger partial charge in [-0.2, -0.15) is 5.10 Å². The van der Waals surface area contributed by atoms with Gasteiger partial charge >= 0.3 is 0 Å². The number of carbonyl (C=O) groups is 2. The minimum absolute atomic E-state index is 0.0203. The van der Waals surface area contributed by atoms with E-state index in [1.807, 2.05) is 61.0 Å². The molecule has 1 N–H and O–H groups in total. The summed E-state index contributed by atoms with van der Waals surface area (Å²) in [6.07, 6.45) is 0.224. The Hall–Kier alpha value is -3.12. The smallest absolute Gasteiger partial charge is 0.225 e. The molecular weight excluding hydrogens is 424 g/mol. The van der Waals surface area contributed by atoms with Gasteiger partial charge in [-0.15, -0.1) is 0 Å². The normalized spacial score (nSPS) is 15.9. The van der Waals surface area contributed by atoms with E-state index in [0.717, 1.165) is 22.5 Å². The number of nitrogens with one attached hydrogen (secondary N) is 1. The van der Waals surface area contributed by atoms with Crippen molar-refractivity contribution in [3.05, 3.63) is 87.7 Å². The van der Waals surface area contributed by atoms with Crippen LogP contribution in [0.5, 0.6) is 0 Å². The maximum atomic E-state index is 12.8. The van der Waals surface area contributed by atoms with Gasteiger partial charge in [0.15, 0.2) is 0 Å². The number of amides is 2. The van der Waals surface area contributed by atoms with E-state index < -0.39 is 0 Å². The lowest BCUT2D eigenvalue weighted by molar-refractivity contribution is -0.129. The highest BCUT2D eigenvalue weighted by Crippen LogP contribution is 2.24. The minimum Gasteiger partial charge on any atom is -0.352 e. The highest BCUT2D eigenvalue weighted by atomic mass is 35.5. The lowest BCUT2D eigenvalue weighted by Gasteiger charge is -2.17. The molecule has 6 nitrogen and oxygen atoms in total. The highest BCUT2D eigenvalue weighted by molar-refractivity contribution is 6.31. The second-order valence-corrected chi connectivity index (χ2v) is 8.68. The Morgan fingerprint density at radius 3 is 2.56 bits per heavy atom. The van der Waals surface area contributed by atoms with Crippen molar-refractivity contribution in [3.63, 3.8) is 0 Å². The zero-order chi connectivity index (χ0) is 22.7. The van der Waals surface area contributed by atoms with Crippen LogP contribution in [-0.2, 0) is 29.2 Å². The summed E-state index contributed by atoms with van der Waals surface area (Å²) < 4.78 is 1.97. The van der Waals surface area contributed by atoms with Crippen molar-refractivity contribution in [2.24, 2.45) is 5.92 Å². The number of aryl methyl sites for hydroxylation is 1. The van der Waals surface area contributed by atoms with Crippen LogP contribution in [0.15, 0.2) is 54.6 Å². The molecule has 0 spiro atoms. The topological polar surface area (TPSA) is 67.2 Å². The summed E-state index contributed by atoms with van der Waals surface area (Å²) in [5.74, 6) is -0.479. The molecule has 1 atom stereocenters. The molecule has 1 saturated heterocycles. The summed E-state index contributed by atoms with van der Waals surface area (Å²) in [5, 5.41) is 8.30. The summed E-state index contributed by atoms with van der Waals surface area (Å²) in [5.41, 5.74) is 5.03. The van der Waals surface area contributed by atoms with Gasteiger partial charge in [-0.3, -0.25) is 14.3 Å². The number of hydrogen-bond acceptors (Lipinski definition) is 3. The van der Waals surface area contributed by atoms with E-state index in [-0.39, 0.29) is 24.2 Å². The van der Waals surface area contributed by atoms with Crippen LogP contribution in [0.25, 0.3) is 0 Å². The second kappa shape index (κ2) is 9.57. The SMILES string of the molecule is Cc1nn(Cc2ccccc2)c(C)c1CNC(=O)C1CC(=O)N(Cc2ccccc2Cl)C1. The third-order valence-electron chi connectivity index (χ3n) is 6.05. The summed E-state index contributed by atoms with van der Waals surface area (Å²) in [6, 6.07) is 17.6. The Balaban J connectivity index is 1.36. The standard InChI is InChI=1S/C25H27ClN4O2/c1-17-22(18(2)30(28-17)14-19-8-4-3-5-9-19)13-27-25(32)21-12-24(31)29(16-21)15-20-10-6-7-11-23(20)26/h3-11,21H,12-16H2,1-2H3,(H,27,32). The highest BCUT2D eigenvalue weighted by Gasteiger charge is 2.34. The summed E-state index contributed by atoms with van der Waals surface area (Å²) >= 11 is 6.22. The largest absolute Gasteiger partial charge is 0.352 e. The molecule has 3 aromatic rings.